The molecule has 3 heteroatoms. The molecular weight excluding hydrogens is 254 g/mol. The van der Waals surface area contributed by atoms with Crippen LogP contribution in [0.25, 0.3) is 10.9 Å². The Balaban J connectivity index is 1.80. The lowest BCUT2D eigenvalue weighted by atomic mass is 9.99. The van der Waals surface area contributed by atoms with Gasteiger partial charge in [-0.05, 0) is 36.3 Å². The van der Waals surface area contributed by atoms with Crippen LogP contribution in [0.2, 0.25) is 0 Å². The summed E-state index contributed by atoms with van der Waals surface area (Å²) in [5.41, 5.74) is 2.23. The second-order valence-electron chi connectivity index (χ2n) is 5.16. The predicted molar refractivity (Wildman–Crippen MR) is 81.6 cm³/mol. The van der Waals surface area contributed by atoms with E-state index in [2.05, 4.69) is 11.1 Å². The van der Waals surface area contributed by atoms with Gasteiger partial charge in [0.2, 0.25) is 0 Å². The van der Waals surface area contributed by atoms with Crippen molar-refractivity contribution in [1.29, 1.82) is 0 Å². The Morgan fingerprint density at radius 1 is 1.26 bits per heavy atom. The van der Waals surface area contributed by atoms with Crippen molar-refractivity contribution in [2.75, 3.05) is 5.75 Å². The van der Waals surface area contributed by atoms with Crippen molar-refractivity contribution < 1.29 is 5.11 Å². The highest BCUT2D eigenvalue weighted by Crippen LogP contribution is 2.29. The number of thioether (sulfide) groups is 1. The average molecular weight is 273 g/mol. The molecule has 2 unspecified atom stereocenters. The third-order valence-electron chi connectivity index (χ3n) is 3.81. The predicted octanol–water partition coefficient (Wildman–Crippen LogP) is 3.42. The maximum Gasteiger partial charge on any atom is 0.0704 e. The van der Waals surface area contributed by atoms with Gasteiger partial charge in [-0.25, -0.2) is 0 Å². The summed E-state index contributed by atoms with van der Waals surface area (Å²) in [6.45, 7) is 0. The molecule has 100 valence electrons. The number of aliphatic hydroxyl groups excluding tert-OH is 1. The van der Waals surface area contributed by atoms with Crippen LogP contribution in [0.4, 0.5) is 0 Å². The zero-order valence-corrected chi connectivity index (χ0v) is 11.8. The summed E-state index contributed by atoms with van der Waals surface area (Å²) in [5.74, 6) is 1.19. The summed E-state index contributed by atoms with van der Waals surface area (Å²) >= 11 is 1.93. The maximum absolute atomic E-state index is 10.4. The van der Waals surface area contributed by atoms with Crippen LogP contribution >= 0.6 is 11.8 Å². The van der Waals surface area contributed by atoms with E-state index in [1.54, 1.807) is 0 Å². The second-order valence-corrected chi connectivity index (χ2v) is 6.51. The summed E-state index contributed by atoms with van der Waals surface area (Å²) in [6, 6.07) is 10.2. The molecule has 1 aliphatic rings. The molecule has 2 nitrogen and oxygen atoms in total. The van der Waals surface area contributed by atoms with E-state index < -0.39 is 0 Å². The minimum atomic E-state index is -0.240. The number of pyridine rings is 1. The van der Waals surface area contributed by atoms with Crippen molar-refractivity contribution in [1.82, 2.24) is 4.98 Å². The van der Waals surface area contributed by atoms with Crippen LogP contribution in [0, 0.1) is 0 Å². The van der Waals surface area contributed by atoms with E-state index in [9.17, 15) is 5.11 Å². The van der Waals surface area contributed by atoms with E-state index in [-0.39, 0.29) is 6.10 Å². The Kier molecular flexibility index (Phi) is 4.04. The van der Waals surface area contributed by atoms with Crippen molar-refractivity contribution in [3.8, 4) is 0 Å². The van der Waals surface area contributed by atoms with E-state index in [0.717, 1.165) is 18.4 Å². The number of aliphatic hydroxyl groups is 1. The number of nitrogens with zero attached hydrogens (tertiary/aromatic N) is 1. The Hall–Kier alpha value is -1.06. The molecule has 1 aromatic carbocycles. The Morgan fingerprint density at radius 2 is 2.16 bits per heavy atom. The topological polar surface area (TPSA) is 33.1 Å². The highest BCUT2D eigenvalue weighted by Gasteiger charge is 2.22. The maximum atomic E-state index is 10.4. The lowest BCUT2D eigenvalue weighted by Crippen LogP contribution is -2.27. The quantitative estimate of drug-likeness (QED) is 0.930. The molecule has 19 heavy (non-hydrogen) atoms. The Labute approximate surface area is 118 Å². The molecule has 1 saturated heterocycles. The van der Waals surface area contributed by atoms with Crippen molar-refractivity contribution in [2.45, 2.75) is 37.0 Å². The number of benzene rings is 1. The first-order chi connectivity index (χ1) is 9.34. The summed E-state index contributed by atoms with van der Waals surface area (Å²) in [4.78, 5) is 4.37. The molecule has 2 aromatic rings. The van der Waals surface area contributed by atoms with E-state index in [1.165, 1.54) is 29.5 Å². The van der Waals surface area contributed by atoms with Crippen molar-refractivity contribution >= 4 is 22.7 Å². The zero-order chi connectivity index (χ0) is 13.1. The molecule has 2 atom stereocenters. The first-order valence-electron chi connectivity index (χ1n) is 6.97. The number of rotatable bonds is 3. The van der Waals surface area contributed by atoms with Gasteiger partial charge in [-0.15, -0.1) is 0 Å². The third kappa shape index (κ3) is 2.93. The van der Waals surface area contributed by atoms with Gasteiger partial charge in [0.25, 0.3) is 0 Å². The van der Waals surface area contributed by atoms with Crippen molar-refractivity contribution in [3.05, 3.63) is 42.1 Å². The number of fused-ring (bicyclic) bond motifs is 1. The van der Waals surface area contributed by atoms with Crippen LogP contribution < -0.4 is 0 Å². The standard InChI is InChI=1S/C16H19NOS/c18-15(16-7-3-4-10-19-16)11-12-8-9-17-14-6-2-1-5-13(12)14/h1-2,5-6,8-9,15-16,18H,3-4,7,10-11H2. The van der Waals surface area contributed by atoms with Gasteiger partial charge in [-0.1, -0.05) is 24.6 Å². The molecule has 0 spiro atoms. The summed E-state index contributed by atoms with van der Waals surface area (Å²) in [6.07, 6.45) is 6.04. The van der Waals surface area contributed by atoms with Gasteiger partial charge in [0, 0.05) is 23.3 Å². The van der Waals surface area contributed by atoms with Gasteiger partial charge < -0.3 is 5.11 Å². The SMILES string of the molecule is OC(Cc1ccnc2ccccc12)C1CCCCS1. The molecular formula is C16H19NOS. The number of hydrogen-bond acceptors (Lipinski definition) is 3. The summed E-state index contributed by atoms with van der Waals surface area (Å²) in [7, 11) is 0. The van der Waals surface area contributed by atoms with E-state index in [0.29, 0.717) is 5.25 Å². The first-order valence-corrected chi connectivity index (χ1v) is 8.02. The third-order valence-corrected chi connectivity index (χ3v) is 5.31. The number of para-hydroxylation sites is 1. The fraction of sp³-hybridized carbons (Fsp3) is 0.438. The molecule has 1 aromatic heterocycles. The average Bonchev–Trinajstić information content (AvgIpc) is 2.48. The molecule has 0 saturated carbocycles. The van der Waals surface area contributed by atoms with Gasteiger partial charge >= 0.3 is 0 Å². The summed E-state index contributed by atoms with van der Waals surface area (Å²) in [5, 5.41) is 12.0. The van der Waals surface area contributed by atoms with E-state index >= 15 is 0 Å². The second kappa shape index (κ2) is 5.93. The van der Waals surface area contributed by atoms with Crippen LogP contribution in [0.1, 0.15) is 24.8 Å². The van der Waals surface area contributed by atoms with Crippen LogP contribution in [0.15, 0.2) is 36.5 Å². The highest BCUT2D eigenvalue weighted by molar-refractivity contribution is 8.00. The molecule has 1 fully saturated rings. The normalized spacial score (nSPS) is 21.4. The molecule has 0 amide bonds. The lowest BCUT2D eigenvalue weighted by molar-refractivity contribution is 0.166. The monoisotopic (exact) mass is 273 g/mol. The van der Waals surface area contributed by atoms with Gasteiger partial charge in [0.1, 0.15) is 0 Å². The van der Waals surface area contributed by atoms with Crippen LogP contribution in [-0.2, 0) is 6.42 Å². The smallest absolute Gasteiger partial charge is 0.0704 e. The zero-order valence-electron chi connectivity index (χ0n) is 11.0. The summed E-state index contributed by atoms with van der Waals surface area (Å²) < 4.78 is 0. The largest absolute Gasteiger partial charge is 0.392 e. The molecule has 1 aliphatic heterocycles. The van der Waals surface area contributed by atoms with Crippen LogP contribution in [-0.4, -0.2) is 27.2 Å². The highest BCUT2D eigenvalue weighted by atomic mass is 32.2. The van der Waals surface area contributed by atoms with Crippen LogP contribution in [0.5, 0.6) is 0 Å². The van der Waals surface area contributed by atoms with Crippen molar-refractivity contribution in [3.63, 3.8) is 0 Å². The fourth-order valence-corrected chi connectivity index (χ4v) is 4.08. The molecule has 2 heterocycles. The van der Waals surface area contributed by atoms with Gasteiger partial charge in [0.15, 0.2) is 0 Å². The van der Waals surface area contributed by atoms with E-state index in [4.69, 9.17) is 0 Å². The van der Waals surface area contributed by atoms with Crippen molar-refractivity contribution in [2.24, 2.45) is 0 Å². The van der Waals surface area contributed by atoms with Crippen LogP contribution in [0.3, 0.4) is 0 Å². The minimum absolute atomic E-state index is 0.240. The Bertz CT molecular complexity index is 546. The fourth-order valence-electron chi connectivity index (χ4n) is 2.76. The number of hydrogen-bond donors (Lipinski definition) is 1. The molecule has 0 aliphatic carbocycles. The van der Waals surface area contributed by atoms with Gasteiger partial charge in [-0.2, -0.15) is 11.8 Å². The molecule has 1 N–H and O–H groups in total. The molecule has 0 bridgehead atoms. The van der Waals surface area contributed by atoms with Gasteiger partial charge in [-0.3, -0.25) is 4.98 Å². The Morgan fingerprint density at radius 3 is 3.00 bits per heavy atom. The van der Waals surface area contributed by atoms with Gasteiger partial charge in [0.05, 0.1) is 11.6 Å². The first kappa shape index (κ1) is 12.9. The number of aromatic nitrogens is 1. The lowest BCUT2D eigenvalue weighted by Gasteiger charge is -2.26. The molecule has 3 rings (SSSR count). The molecule has 0 radical (unpaired) electrons. The van der Waals surface area contributed by atoms with E-state index in [1.807, 2.05) is 42.2 Å². The minimum Gasteiger partial charge on any atom is -0.392 e.